The third-order valence-corrected chi connectivity index (χ3v) is 3.07. The number of hydrogen-bond acceptors (Lipinski definition) is 3. The summed E-state index contributed by atoms with van der Waals surface area (Å²) in [6.07, 6.45) is 0.700. The summed E-state index contributed by atoms with van der Waals surface area (Å²) >= 11 is 3.31. The Morgan fingerprint density at radius 2 is 2.12 bits per heavy atom. The van der Waals surface area contributed by atoms with Crippen LogP contribution in [-0.4, -0.2) is 12.6 Å². The highest BCUT2D eigenvalue weighted by Crippen LogP contribution is 2.20. The molecule has 0 radical (unpaired) electrons. The Bertz CT molecular complexity index is 463. The maximum absolute atomic E-state index is 11.8. The van der Waals surface area contributed by atoms with Gasteiger partial charge in [-0.1, -0.05) is 22.9 Å². The van der Waals surface area contributed by atoms with Crippen molar-refractivity contribution in [3.05, 3.63) is 34.4 Å². The van der Waals surface area contributed by atoms with Gasteiger partial charge in [-0.15, -0.1) is 0 Å². The van der Waals surface area contributed by atoms with Gasteiger partial charge in [-0.25, -0.2) is 4.79 Å². The van der Waals surface area contributed by atoms with Crippen LogP contribution in [0.5, 0.6) is 0 Å². The summed E-state index contributed by atoms with van der Waals surface area (Å²) in [5.74, 6) is -0.323. The van der Waals surface area contributed by atoms with E-state index in [9.17, 15) is 4.79 Å². The number of nitriles is 1. The lowest BCUT2D eigenvalue weighted by Crippen LogP contribution is -2.09. The number of aryl methyl sites for hydroxylation is 1. The minimum atomic E-state index is -0.323. The molecule has 0 bridgehead atoms. The summed E-state index contributed by atoms with van der Waals surface area (Å²) in [7, 11) is 0. The Hall–Kier alpha value is -1.34. The highest BCUT2D eigenvalue weighted by atomic mass is 79.9. The highest BCUT2D eigenvalue weighted by Gasteiger charge is 2.15. The number of nitrogens with zero attached hydrogens (tertiary/aromatic N) is 1. The van der Waals surface area contributed by atoms with Crippen molar-refractivity contribution in [2.75, 3.05) is 6.61 Å². The number of hydrogen-bond donors (Lipinski definition) is 0. The van der Waals surface area contributed by atoms with E-state index in [2.05, 4.69) is 22.0 Å². The molecule has 0 saturated carbocycles. The Balaban J connectivity index is 3.29. The molecule has 1 aromatic rings. The lowest BCUT2D eigenvalue weighted by molar-refractivity contribution is 0.0525. The molecule has 0 aliphatic carbocycles. The fourth-order valence-electron chi connectivity index (χ4n) is 1.60. The molecule has 1 rings (SSSR count). The van der Waals surface area contributed by atoms with Gasteiger partial charge in [-0.2, -0.15) is 5.26 Å². The van der Waals surface area contributed by atoms with E-state index in [1.54, 1.807) is 19.1 Å². The van der Waals surface area contributed by atoms with Crippen LogP contribution in [0.2, 0.25) is 0 Å². The molecule has 4 heteroatoms. The number of benzene rings is 1. The standard InChI is InChI=1S/C13H14BrNO2/c1-3-9-5-11(8-15)10(7-14)6-12(9)13(16)17-4-2/h5-6H,3-4,7H2,1-2H3. The predicted octanol–water partition coefficient (Wildman–Crippen LogP) is 3.19. The second-order valence-corrected chi connectivity index (χ2v) is 4.05. The Morgan fingerprint density at radius 3 is 2.59 bits per heavy atom. The van der Waals surface area contributed by atoms with Gasteiger partial charge in [0.1, 0.15) is 0 Å². The van der Waals surface area contributed by atoms with Crippen LogP contribution >= 0.6 is 15.9 Å². The first kappa shape index (κ1) is 13.7. The van der Waals surface area contributed by atoms with Crippen molar-refractivity contribution in [2.45, 2.75) is 25.6 Å². The summed E-state index contributed by atoms with van der Waals surface area (Å²) < 4.78 is 5.01. The van der Waals surface area contributed by atoms with E-state index in [-0.39, 0.29) is 5.97 Å². The first-order valence-electron chi connectivity index (χ1n) is 5.46. The van der Waals surface area contributed by atoms with Crippen molar-refractivity contribution < 1.29 is 9.53 Å². The van der Waals surface area contributed by atoms with Crippen molar-refractivity contribution in [3.8, 4) is 6.07 Å². The molecule has 0 fully saturated rings. The molecule has 0 aliphatic heterocycles. The van der Waals surface area contributed by atoms with Crippen molar-refractivity contribution in [3.63, 3.8) is 0 Å². The molecule has 1 aromatic carbocycles. The summed E-state index contributed by atoms with van der Waals surface area (Å²) in [5, 5.41) is 9.56. The van der Waals surface area contributed by atoms with Crippen LogP contribution in [0.4, 0.5) is 0 Å². The molecular weight excluding hydrogens is 282 g/mol. The van der Waals surface area contributed by atoms with Crippen LogP contribution in [0.3, 0.4) is 0 Å². The summed E-state index contributed by atoms with van der Waals surface area (Å²) in [6, 6.07) is 5.64. The van der Waals surface area contributed by atoms with E-state index in [0.717, 1.165) is 11.1 Å². The first-order chi connectivity index (χ1) is 8.17. The molecular formula is C13H14BrNO2. The number of carbonyl (C=O) groups excluding carboxylic acids is 1. The molecule has 0 unspecified atom stereocenters. The molecule has 17 heavy (non-hydrogen) atoms. The number of alkyl halides is 1. The van der Waals surface area contributed by atoms with E-state index in [4.69, 9.17) is 10.00 Å². The van der Waals surface area contributed by atoms with Gasteiger partial charge < -0.3 is 4.74 Å². The lowest BCUT2D eigenvalue weighted by Gasteiger charge is -2.10. The zero-order valence-electron chi connectivity index (χ0n) is 9.92. The third kappa shape index (κ3) is 3.07. The SMILES string of the molecule is CCOC(=O)c1cc(CBr)c(C#N)cc1CC. The van der Waals surface area contributed by atoms with Crippen LogP contribution < -0.4 is 0 Å². The van der Waals surface area contributed by atoms with E-state index >= 15 is 0 Å². The van der Waals surface area contributed by atoms with Crippen LogP contribution in [0.25, 0.3) is 0 Å². The van der Waals surface area contributed by atoms with Gasteiger partial charge in [0.2, 0.25) is 0 Å². The van der Waals surface area contributed by atoms with Gasteiger partial charge in [0.15, 0.2) is 0 Å². The molecule has 0 atom stereocenters. The molecule has 0 aromatic heterocycles. The van der Waals surface area contributed by atoms with Gasteiger partial charge in [-0.3, -0.25) is 0 Å². The normalized spacial score (nSPS) is 9.76. The smallest absolute Gasteiger partial charge is 0.338 e. The number of halogens is 1. The number of rotatable bonds is 4. The minimum Gasteiger partial charge on any atom is -0.462 e. The lowest BCUT2D eigenvalue weighted by atomic mass is 9.98. The fourth-order valence-corrected chi connectivity index (χ4v) is 2.06. The number of esters is 1. The Morgan fingerprint density at radius 1 is 1.41 bits per heavy atom. The Labute approximate surface area is 110 Å². The molecule has 0 amide bonds. The number of ether oxygens (including phenoxy) is 1. The average Bonchev–Trinajstić information content (AvgIpc) is 2.37. The fraction of sp³-hybridized carbons (Fsp3) is 0.385. The second kappa shape index (κ2) is 6.41. The van der Waals surface area contributed by atoms with Crippen molar-refractivity contribution >= 4 is 21.9 Å². The molecule has 90 valence electrons. The summed E-state index contributed by atoms with van der Waals surface area (Å²) in [5.41, 5.74) is 2.83. The molecule has 3 nitrogen and oxygen atoms in total. The van der Waals surface area contributed by atoms with E-state index in [1.807, 2.05) is 6.92 Å². The molecule has 0 N–H and O–H groups in total. The van der Waals surface area contributed by atoms with Crippen molar-refractivity contribution in [1.82, 2.24) is 0 Å². The topological polar surface area (TPSA) is 50.1 Å². The molecule has 0 saturated heterocycles. The Kier molecular flexibility index (Phi) is 5.17. The highest BCUT2D eigenvalue weighted by molar-refractivity contribution is 9.08. The van der Waals surface area contributed by atoms with Crippen LogP contribution in [-0.2, 0) is 16.5 Å². The predicted molar refractivity (Wildman–Crippen MR) is 69.1 cm³/mol. The molecule has 0 heterocycles. The zero-order valence-corrected chi connectivity index (χ0v) is 11.5. The molecule has 0 aliphatic rings. The van der Waals surface area contributed by atoms with Crippen LogP contribution in [0, 0.1) is 11.3 Å². The molecule has 0 spiro atoms. The monoisotopic (exact) mass is 295 g/mol. The second-order valence-electron chi connectivity index (χ2n) is 3.49. The van der Waals surface area contributed by atoms with Gasteiger partial charge >= 0.3 is 5.97 Å². The van der Waals surface area contributed by atoms with Crippen molar-refractivity contribution in [1.29, 1.82) is 5.26 Å². The maximum Gasteiger partial charge on any atom is 0.338 e. The first-order valence-corrected chi connectivity index (χ1v) is 6.59. The average molecular weight is 296 g/mol. The van der Waals surface area contributed by atoms with Crippen LogP contribution in [0.1, 0.15) is 40.9 Å². The quantitative estimate of drug-likeness (QED) is 0.633. The zero-order chi connectivity index (χ0) is 12.8. The van der Waals surface area contributed by atoms with Gasteiger partial charge in [-0.05, 0) is 36.6 Å². The summed E-state index contributed by atoms with van der Waals surface area (Å²) in [4.78, 5) is 11.8. The van der Waals surface area contributed by atoms with Crippen LogP contribution in [0.15, 0.2) is 12.1 Å². The van der Waals surface area contributed by atoms with Gasteiger partial charge in [0, 0.05) is 5.33 Å². The van der Waals surface area contributed by atoms with Gasteiger partial charge in [0.05, 0.1) is 23.8 Å². The largest absolute Gasteiger partial charge is 0.462 e. The summed E-state index contributed by atoms with van der Waals surface area (Å²) in [6.45, 7) is 4.08. The van der Waals surface area contributed by atoms with Crippen molar-refractivity contribution in [2.24, 2.45) is 0 Å². The maximum atomic E-state index is 11.8. The third-order valence-electron chi connectivity index (χ3n) is 2.47. The van der Waals surface area contributed by atoms with E-state index in [1.165, 1.54) is 0 Å². The minimum absolute atomic E-state index is 0.323. The number of carbonyl (C=O) groups is 1. The van der Waals surface area contributed by atoms with E-state index in [0.29, 0.717) is 29.5 Å². The van der Waals surface area contributed by atoms with Gasteiger partial charge in [0.25, 0.3) is 0 Å². The van der Waals surface area contributed by atoms with E-state index < -0.39 is 0 Å².